The number of benzene rings is 2. The van der Waals surface area contributed by atoms with Crippen molar-refractivity contribution >= 4 is 38.9 Å². The number of aryl methyl sites for hydroxylation is 1. The molecule has 0 aliphatic carbocycles. The normalized spacial score (nSPS) is 14.2. The zero-order chi connectivity index (χ0) is 22.8. The quantitative estimate of drug-likeness (QED) is 0.684. The first-order valence-corrected chi connectivity index (χ1v) is 11.5. The highest BCUT2D eigenvalue weighted by molar-refractivity contribution is 7.89. The molecule has 9 heteroatoms. The molecule has 1 aliphatic rings. The fourth-order valence-corrected chi connectivity index (χ4v) is 4.69. The van der Waals surface area contributed by atoms with E-state index in [0.717, 1.165) is 27.7 Å². The standard InChI is InChI=1S/C22H28N4O4S/c1-15-10-11-17(13-20(15)31(29,30)25(3)4)24-21(27)14-23-18-7-5-8-19(16(18)2)26-12-6-9-22(26)28/h5,7-8,10-11,13,23H,6,9,12,14H2,1-4H3,(H,24,27). The predicted octanol–water partition coefficient (Wildman–Crippen LogP) is 2.73. The van der Waals surface area contributed by atoms with Gasteiger partial charge in [-0.05, 0) is 55.7 Å². The summed E-state index contributed by atoms with van der Waals surface area (Å²) in [6.45, 7) is 4.33. The van der Waals surface area contributed by atoms with Gasteiger partial charge in [-0.25, -0.2) is 12.7 Å². The van der Waals surface area contributed by atoms with Crippen molar-refractivity contribution in [3.8, 4) is 0 Å². The van der Waals surface area contributed by atoms with Crippen molar-refractivity contribution in [2.24, 2.45) is 0 Å². The highest BCUT2D eigenvalue weighted by Gasteiger charge is 2.24. The largest absolute Gasteiger partial charge is 0.376 e. The second-order valence-corrected chi connectivity index (χ2v) is 9.89. The number of nitrogens with one attached hydrogen (secondary N) is 2. The van der Waals surface area contributed by atoms with E-state index in [1.54, 1.807) is 24.0 Å². The van der Waals surface area contributed by atoms with E-state index in [1.165, 1.54) is 20.2 Å². The number of carbonyl (C=O) groups excluding carboxylic acids is 2. The third kappa shape index (κ3) is 4.88. The maximum atomic E-state index is 12.5. The Morgan fingerprint density at radius 2 is 1.90 bits per heavy atom. The molecule has 0 saturated carbocycles. The van der Waals surface area contributed by atoms with Crippen molar-refractivity contribution in [1.82, 2.24) is 4.31 Å². The molecule has 3 rings (SSSR count). The SMILES string of the molecule is Cc1ccc(NC(=O)CNc2cccc(N3CCCC3=O)c2C)cc1S(=O)(=O)N(C)C. The molecule has 1 fully saturated rings. The van der Waals surface area contributed by atoms with Gasteiger partial charge in [-0.15, -0.1) is 0 Å². The van der Waals surface area contributed by atoms with Crippen LogP contribution in [0.3, 0.4) is 0 Å². The number of hydrogen-bond acceptors (Lipinski definition) is 5. The summed E-state index contributed by atoms with van der Waals surface area (Å²) in [4.78, 5) is 26.5. The van der Waals surface area contributed by atoms with Gasteiger partial charge in [-0.2, -0.15) is 0 Å². The minimum atomic E-state index is -3.61. The van der Waals surface area contributed by atoms with Crippen LogP contribution in [0.2, 0.25) is 0 Å². The molecule has 1 heterocycles. The maximum absolute atomic E-state index is 12.5. The average molecular weight is 445 g/mol. The number of anilines is 3. The van der Waals surface area contributed by atoms with Crippen molar-refractivity contribution in [3.63, 3.8) is 0 Å². The van der Waals surface area contributed by atoms with E-state index in [1.807, 2.05) is 25.1 Å². The fraction of sp³-hybridized carbons (Fsp3) is 0.364. The van der Waals surface area contributed by atoms with E-state index < -0.39 is 10.0 Å². The van der Waals surface area contributed by atoms with E-state index >= 15 is 0 Å². The lowest BCUT2D eigenvalue weighted by molar-refractivity contribution is -0.117. The van der Waals surface area contributed by atoms with E-state index in [0.29, 0.717) is 24.2 Å². The predicted molar refractivity (Wildman–Crippen MR) is 122 cm³/mol. The zero-order valence-corrected chi connectivity index (χ0v) is 19.0. The molecule has 1 aliphatic heterocycles. The Balaban J connectivity index is 1.70. The fourth-order valence-electron chi connectivity index (χ4n) is 3.54. The van der Waals surface area contributed by atoms with E-state index in [4.69, 9.17) is 0 Å². The summed E-state index contributed by atoms with van der Waals surface area (Å²) in [6, 6.07) is 10.4. The summed E-state index contributed by atoms with van der Waals surface area (Å²) < 4.78 is 26.1. The molecule has 2 aromatic rings. The maximum Gasteiger partial charge on any atom is 0.243 e. The highest BCUT2D eigenvalue weighted by Crippen LogP contribution is 2.30. The number of rotatable bonds is 7. The van der Waals surface area contributed by atoms with Gasteiger partial charge in [0.15, 0.2) is 0 Å². The summed E-state index contributed by atoms with van der Waals surface area (Å²) in [5.74, 6) is -0.194. The lowest BCUT2D eigenvalue weighted by Gasteiger charge is -2.20. The van der Waals surface area contributed by atoms with Gasteiger partial charge in [0, 0.05) is 44.1 Å². The third-order valence-corrected chi connectivity index (χ3v) is 7.30. The van der Waals surface area contributed by atoms with Crippen LogP contribution in [-0.2, 0) is 19.6 Å². The topological polar surface area (TPSA) is 98.8 Å². The second-order valence-electron chi connectivity index (χ2n) is 7.77. The minimum absolute atomic E-state index is 0.00187. The summed E-state index contributed by atoms with van der Waals surface area (Å²) in [7, 11) is -0.673. The van der Waals surface area contributed by atoms with Gasteiger partial charge in [-0.1, -0.05) is 12.1 Å². The average Bonchev–Trinajstić information content (AvgIpc) is 3.14. The summed E-state index contributed by atoms with van der Waals surface area (Å²) >= 11 is 0. The Kier molecular flexibility index (Phi) is 6.66. The Morgan fingerprint density at radius 3 is 2.55 bits per heavy atom. The molecular weight excluding hydrogens is 416 g/mol. The Hall–Kier alpha value is -2.91. The van der Waals surface area contributed by atoms with Crippen LogP contribution in [0, 0.1) is 13.8 Å². The first kappa shape index (κ1) is 22.8. The van der Waals surface area contributed by atoms with Gasteiger partial charge in [0.1, 0.15) is 0 Å². The van der Waals surface area contributed by atoms with Crippen molar-refractivity contribution in [2.45, 2.75) is 31.6 Å². The lowest BCUT2D eigenvalue weighted by Crippen LogP contribution is -2.26. The van der Waals surface area contributed by atoms with Crippen LogP contribution in [0.4, 0.5) is 17.1 Å². The number of carbonyl (C=O) groups is 2. The molecule has 2 aromatic carbocycles. The molecule has 8 nitrogen and oxygen atoms in total. The van der Waals surface area contributed by atoms with Crippen LogP contribution in [-0.4, -0.2) is 51.7 Å². The second kappa shape index (κ2) is 9.07. The Labute approximate surface area is 183 Å². The van der Waals surface area contributed by atoms with Crippen LogP contribution in [0.5, 0.6) is 0 Å². The van der Waals surface area contributed by atoms with Crippen LogP contribution in [0.15, 0.2) is 41.3 Å². The summed E-state index contributed by atoms with van der Waals surface area (Å²) in [6.07, 6.45) is 1.40. The molecule has 166 valence electrons. The molecule has 1 saturated heterocycles. The molecule has 2 amide bonds. The Bertz CT molecular complexity index is 1110. The Morgan fingerprint density at radius 1 is 1.16 bits per heavy atom. The van der Waals surface area contributed by atoms with Gasteiger partial charge in [0.05, 0.1) is 11.4 Å². The first-order chi connectivity index (χ1) is 14.6. The monoisotopic (exact) mass is 444 g/mol. The van der Waals surface area contributed by atoms with E-state index in [-0.39, 0.29) is 23.3 Å². The molecular formula is C22H28N4O4S. The smallest absolute Gasteiger partial charge is 0.243 e. The van der Waals surface area contributed by atoms with Crippen LogP contribution < -0.4 is 15.5 Å². The molecule has 31 heavy (non-hydrogen) atoms. The van der Waals surface area contributed by atoms with Gasteiger partial charge in [0.25, 0.3) is 0 Å². The third-order valence-electron chi connectivity index (χ3n) is 5.34. The molecule has 0 radical (unpaired) electrons. The van der Waals surface area contributed by atoms with Crippen molar-refractivity contribution in [3.05, 3.63) is 47.5 Å². The van der Waals surface area contributed by atoms with Crippen LogP contribution >= 0.6 is 0 Å². The van der Waals surface area contributed by atoms with Gasteiger partial charge >= 0.3 is 0 Å². The highest BCUT2D eigenvalue weighted by atomic mass is 32.2. The van der Waals surface area contributed by atoms with E-state index in [9.17, 15) is 18.0 Å². The lowest BCUT2D eigenvalue weighted by atomic mass is 10.1. The number of sulfonamides is 1. The number of hydrogen-bond donors (Lipinski definition) is 2. The molecule has 0 atom stereocenters. The summed E-state index contributed by atoms with van der Waals surface area (Å²) in [5, 5.41) is 5.85. The van der Waals surface area contributed by atoms with E-state index in [2.05, 4.69) is 10.6 Å². The minimum Gasteiger partial charge on any atom is -0.376 e. The molecule has 0 bridgehead atoms. The van der Waals surface area contributed by atoms with Gasteiger partial charge < -0.3 is 15.5 Å². The van der Waals surface area contributed by atoms with Crippen LogP contribution in [0.25, 0.3) is 0 Å². The van der Waals surface area contributed by atoms with Gasteiger partial charge in [-0.3, -0.25) is 9.59 Å². The molecule has 0 unspecified atom stereocenters. The first-order valence-electron chi connectivity index (χ1n) is 10.1. The zero-order valence-electron chi connectivity index (χ0n) is 18.2. The molecule has 0 spiro atoms. The number of amides is 2. The van der Waals surface area contributed by atoms with Crippen molar-refractivity contribution < 1.29 is 18.0 Å². The van der Waals surface area contributed by atoms with Crippen molar-refractivity contribution in [2.75, 3.05) is 42.7 Å². The van der Waals surface area contributed by atoms with Crippen LogP contribution in [0.1, 0.15) is 24.0 Å². The molecule has 0 aromatic heterocycles. The number of nitrogens with zero attached hydrogens (tertiary/aromatic N) is 2. The van der Waals surface area contributed by atoms with Gasteiger partial charge in [0.2, 0.25) is 21.8 Å². The summed E-state index contributed by atoms with van der Waals surface area (Å²) in [5.41, 5.74) is 3.54. The van der Waals surface area contributed by atoms with Crippen molar-refractivity contribution in [1.29, 1.82) is 0 Å². The molecule has 2 N–H and O–H groups in total.